The molecule has 6 amide bonds. The molecule has 21 nitrogen and oxygen atoms in total. The molecule has 0 saturated carbocycles. The molecular weight excluding hydrogens is 659 g/mol. The summed E-state index contributed by atoms with van der Waals surface area (Å²) in [6, 6.07) is -5.08. The minimum absolute atomic E-state index is 0.0288. The zero-order valence-electron chi connectivity index (χ0n) is 27.4. The molecule has 22 heteroatoms. The summed E-state index contributed by atoms with van der Waals surface area (Å²) in [7, 11) is -4.32. The highest BCUT2D eigenvalue weighted by Gasteiger charge is 2.33. The van der Waals surface area contributed by atoms with Crippen LogP contribution in [0.5, 0.6) is 0 Å². The molecule has 0 fully saturated rings. The largest absolute Gasteiger partial charge is 0.480 e. The molecule has 48 heavy (non-hydrogen) atoms. The Morgan fingerprint density at radius 2 is 1.44 bits per heavy atom. The van der Waals surface area contributed by atoms with Crippen molar-refractivity contribution in [1.29, 1.82) is 0 Å². The molecule has 14 N–H and O–H groups in total. The molecule has 0 heterocycles. The van der Waals surface area contributed by atoms with Crippen molar-refractivity contribution in [1.82, 2.24) is 31.7 Å². The fraction of sp³-hybridized carbons (Fsp3) is 0.692. The fourth-order valence-electron chi connectivity index (χ4n) is 3.89. The quantitative estimate of drug-likeness (QED) is 0.0199. The van der Waals surface area contributed by atoms with E-state index in [-0.39, 0.29) is 44.8 Å². The van der Waals surface area contributed by atoms with Crippen LogP contribution in [0.15, 0.2) is 4.99 Å². The Labute approximate surface area is 277 Å². The summed E-state index contributed by atoms with van der Waals surface area (Å²) >= 11 is 0. The molecule has 0 aromatic heterocycles. The number of amides is 6. The van der Waals surface area contributed by atoms with Gasteiger partial charge in [-0.15, -0.1) is 0 Å². The lowest BCUT2D eigenvalue weighted by Crippen LogP contribution is -2.56. The van der Waals surface area contributed by atoms with Crippen LogP contribution in [-0.4, -0.2) is 108 Å². The van der Waals surface area contributed by atoms with Crippen LogP contribution in [-0.2, 0) is 42.7 Å². The van der Waals surface area contributed by atoms with E-state index >= 15 is 0 Å². The van der Waals surface area contributed by atoms with E-state index in [9.17, 15) is 43.0 Å². The predicted molar refractivity (Wildman–Crippen MR) is 171 cm³/mol. The number of nitrogens with zero attached hydrogens (tertiary/aromatic N) is 1. The number of aliphatic carboxylic acids is 1. The lowest BCUT2D eigenvalue weighted by atomic mass is 9.99. The van der Waals surface area contributed by atoms with Crippen LogP contribution in [0.2, 0.25) is 0 Å². The summed E-state index contributed by atoms with van der Waals surface area (Å²) in [6.07, 6.45) is -0.0234. The minimum Gasteiger partial charge on any atom is -0.480 e. The van der Waals surface area contributed by atoms with Crippen molar-refractivity contribution in [3.05, 3.63) is 0 Å². The molecule has 0 saturated heterocycles. The smallest absolute Gasteiger partial charge is 0.403 e. The molecule has 0 aliphatic heterocycles. The molecule has 1 unspecified atom stereocenters. The van der Waals surface area contributed by atoms with Crippen LogP contribution in [0.4, 0.5) is 0 Å². The Kier molecular flexibility index (Phi) is 20.3. The lowest BCUT2D eigenvalue weighted by Gasteiger charge is -2.26. The van der Waals surface area contributed by atoms with Crippen LogP contribution in [0.25, 0.3) is 0 Å². The van der Waals surface area contributed by atoms with E-state index in [4.69, 9.17) is 26.8 Å². The molecule has 0 aromatic rings. The minimum atomic E-state index is -4.32. The number of carboxylic acids is 1. The predicted octanol–water partition coefficient (Wildman–Crippen LogP) is -3.76. The van der Waals surface area contributed by atoms with Gasteiger partial charge in [-0.25, -0.2) is 9.65 Å². The standard InChI is InChI=1S/C26H49N10O11P/c1-5-14(3)21(36-48(45,46)47-6-2)25(44)33-15(4)22(41)31-12-19(38)34-17(9-10-18(27)37)24(43)35-16(8-7-11-30-26(28)29)23(42)32-13-20(39)40/h14-17,21H,5-13H2,1-4H3,(H2,27,37)(H,31,41)(H,32,42)(H,33,44)(H,34,38)(H,35,43)(H,39,40)(H4,28,29,30)(H2,36,45,46)/t14-,15-,16-,17-,21-/m0/s1. The first-order chi connectivity index (χ1) is 22.3. The lowest BCUT2D eigenvalue weighted by molar-refractivity contribution is -0.138. The third-order valence-corrected chi connectivity index (χ3v) is 7.81. The molecule has 0 spiro atoms. The molecular formula is C26H49N10O11P. The highest BCUT2D eigenvalue weighted by Crippen LogP contribution is 2.38. The van der Waals surface area contributed by atoms with Gasteiger partial charge in [-0.1, -0.05) is 20.3 Å². The second-order valence-corrected chi connectivity index (χ2v) is 12.2. The van der Waals surface area contributed by atoms with Gasteiger partial charge in [0.1, 0.15) is 24.7 Å². The first-order valence-corrected chi connectivity index (χ1v) is 16.7. The van der Waals surface area contributed by atoms with Crippen LogP contribution in [0.1, 0.15) is 59.8 Å². The number of primary amides is 1. The zero-order chi connectivity index (χ0) is 37.0. The first kappa shape index (κ1) is 43.7. The van der Waals surface area contributed by atoms with Crippen LogP contribution in [0, 0.1) is 5.92 Å². The molecule has 0 aliphatic carbocycles. The third-order valence-electron chi connectivity index (χ3n) is 6.60. The van der Waals surface area contributed by atoms with E-state index in [0.29, 0.717) is 6.42 Å². The van der Waals surface area contributed by atoms with Gasteiger partial charge in [0, 0.05) is 13.0 Å². The fourth-order valence-corrected chi connectivity index (χ4v) is 5.04. The number of carboxylic acid groups (broad SMARTS) is 1. The molecule has 6 atom stereocenters. The van der Waals surface area contributed by atoms with Crippen molar-refractivity contribution in [2.75, 3.05) is 26.2 Å². The summed E-state index contributed by atoms with van der Waals surface area (Å²) in [4.78, 5) is 99.9. The number of rotatable bonds is 24. The third kappa shape index (κ3) is 18.7. The maximum Gasteiger partial charge on any atom is 0.403 e. The molecule has 274 valence electrons. The molecule has 0 aliphatic rings. The monoisotopic (exact) mass is 708 g/mol. The topological polar surface area (TPSA) is 349 Å². The molecule has 0 radical (unpaired) electrons. The summed E-state index contributed by atoms with van der Waals surface area (Å²) in [5.74, 6) is -6.99. The van der Waals surface area contributed by atoms with Crippen molar-refractivity contribution < 1.29 is 52.7 Å². The van der Waals surface area contributed by atoms with Gasteiger partial charge in [0.2, 0.25) is 35.4 Å². The summed E-state index contributed by atoms with van der Waals surface area (Å²) in [6.45, 7) is 4.80. The zero-order valence-corrected chi connectivity index (χ0v) is 28.3. The van der Waals surface area contributed by atoms with Gasteiger partial charge in [0.05, 0.1) is 19.2 Å². The summed E-state index contributed by atoms with van der Waals surface area (Å²) in [5, 5.41) is 22.7. The maximum absolute atomic E-state index is 13.1. The number of hydrogen-bond donors (Lipinski definition) is 11. The molecule has 0 bridgehead atoms. The Morgan fingerprint density at radius 3 is 1.98 bits per heavy atom. The van der Waals surface area contributed by atoms with Gasteiger partial charge in [0.15, 0.2) is 5.96 Å². The van der Waals surface area contributed by atoms with E-state index in [0.717, 1.165) is 0 Å². The van der Waals surface area contributed by atoms with Crippen molar-refractivity contribution in [3.63, 3.8) is 0 Å². The SMILES string of the molecule is CCOP(=O)(O)N[C@H](C(=O)N[C@@H](C)C(=O)NCC(=O)N[C@@H](CCC(N)=O)C(=O)N[C@@H](CCCN=C(N)N)C(=O)NCC(=O)O)[C@@H](C)CC. The van der Waals surface area contributed by atoms with Crippen molar-refractivity contribution in [2.24, 2.45) is 28.1 Å². The van der Waals surface area contributed by atoms with Gasteiger partial charge in [-0.2, -0.15) is 0 Å². The van der Waals surface area contributed by atoms with Gasteiger partial charge >= 0.3 is 13.7 Å². The van der Waals surface area contributed by atoms with Gasteiger partial charge in [-0.05, 0) is 39.0 Å². The number of nitrogens with one attached hydrogen (secondary N) is 6. The van der Waals surface area contributed by atoms with E-state index in [1.54, 1.807) is 13.8 Å². The highest BCUT2D eigenvalue weighted by molar-refractivity contribution is 7.50. The number of hydrogen-bond acceptors (Lipinski definition) is 10. The highest BCUT2D eigenvalue weighted by atomic mass is 31.2. The van der Waals surface area contributed by atoms with Crippen LogP contribution < -0.4 is 48.9 Å². The number of carbonyl (C=O) groups is 7. The maximum atomic E-state index is 13.1. The average molecular weight is 709 g/mol. The number of guanidine groups is 1. The normalized spacial score (nSPS) is 15.2. The van der Waals surface area contributed by atoms with Gasteiger partial charge in [0.25, 0.3) is 0 Å². The van der Waals surface area contributed by atoms with Crippen LogP contribution in [0.3, 0.4) is 0 Å². The van der Waals surface area contributed by atoms with E-state index in [2.05, 4.69) is 36.7 Å². The summed E-state index contributed by atoms with van der Waals surface area (Å²) < 4.78 is 17.0. The van der Waals surface area contributed by atoms with Crippen molar-refractivity contribution >= 4 is 55.1 Å². The van der Waals surface area contributed by atoms with Crippen molar-refractivity contribution in [2.45, 2.75) is 84.0 Å². The first-order valence-electron chi connectivity index (χ1n) is 15.1. The van der Waals surface area contributed by atoms with E-state index < -0.39 is 92.3 Å². The van der Waals surface area contributed by atoms with Gasteiger partial charge in [-0.3, -0.25) is 43.1 Å². The second kappa shape index (κ2) is 22.3. The molecule has 0 rings (SSSR count). The van der Waals surface area contributed by atoms with E-state index in [1.165, 1.54) is 13.8 Å². The average Bonchev–Trinajstić information content (AvgIpc) is 2.99. The number of aliphatic imine (C=N–C) groups is 1. The van der Waals surface area contributed by atoms with Crippen LogP contribution >= 0.6 is 7.75 Å². The Bertz CT molecular complexity index is 1220. The summed E-state index contributed by atoms with van der Waals surface area (Å²) in [5.41, 5.74) is 15.8. The van der Waals surface area contributed by atoms with E-state index in [1.807, 2.05) is 0 Å². The number of carbonyl (C=O) groups excluding carboxylic acids is 6. The van der Waals surface area contributed by atoms with Gasteiger partial charge < -0.3 is 53.8 Å². The van der Waals surface area contributed by atoms with Crippen molar-refractivity contribution in [3.8, 4) is 0 Å². The Hall–Kier alpha value is -4.33. The molecule has 0 aromatic carbocycles. The Morgan fingerprint density at radius 1 is 0.833 bits per heavy atom. The number of nitrogens with two attached hydrogens (primary N) is 3. The Balaban J connectivity index is 5.50. The second-order valence-electron chi connectivity index (χ2n) is 10.6.